The number of aryl methyl sites for hydroxylation is 1. The molecule has 0 saturated heterocycles. The maximum atomic E-state index is 4.98. The molecule has 0 atom stereocenters. The summed E-state index contributed by atoms with van der Waals surface area (Å²) >= 11 is 0. The van der Waals surface area contributed by atoms with E-state index in [1.54, 1.807) is 24.3 Å². The van der Waals surface area contributed by atoms with E-state index < -0.39 is 0 Å². The van der Waals surface area contributed by atoms with E-state index >= 15 is 0 Å². The zero-order valence-corrected chi connectivity index (χ0v) is 9.47. The van der Waals surface area contributed by atoms with Crippen molar-refractivity contribution in [2.24, 2.45) is 7.05 Å². The lowest BCUT2D eigenvalue weighted by molar-refractivity contribution is 0.198. The van der Waals surface area contributed by atoms with Crippen LogP contribution in [0.25, 0.3) is 11.0 Å². The lowest BCUT2D eigenvalue weighted by Gasteiger charge is -2.05. The quantitative estimate of drug-likeness (QED) is 0.757. The number of methoxy groups -OCH3 is 1. The standard InChI is InChI=1S/C10H15N5O/c1-15-10-8(6-14-15)9(12-7-13-10)11-4-3-5-16-2/h6-7H,3-5H2,1-2H3,(H,11,12,13). The third-order valence-electron chi connectivity index (χ3n) is 2.35. The van der Waals surface area contributed by atoms with Gasteiger partial charge in [0, 0.05) is 27.3 Å². The number of anilines is 1. The van der Waals surface area contributed by atoms with Crippen LogP contribution in [-0.4, -0.2) is 40.0 Å². The van der Waals surface area contributed by atoms with Gasteiger partial charge < -0.3 is 10.1 Å². The second kappa shape index (κ2) is 4.89. The Kier molecular flexibility index (Phi) is 3.31. The predicted molar refractivity (Wildman–Crippen MR) is 61.3 cm³/mol. The van der Waals surface area contributed by atoms with Crippen molar-refractivity contribution >= 4 is 16.9 Å². The summed E-state index contributed by atoms with van der Waals surface area (Å²) in [6.45, 7) is 1.57. The molecule has 0 radical (unpaired) electrons. The van der Waals surface area contributed by atoms with Gasteiger partial charge in [0.15, 0.2) is 5.65 Å². The maximum absolute atomic E-state index is 4.98. The second-order valence-electron chi connectivity index (χ2n) is 3.50. The zero-order valence-electron chi connectivity index (χ0n) is 9.47. The van der Waals surface area contributed by atoms with Gasteiger partial charge in [0.2, 0.25) is 0 Å². The molecule has 2 aromatic rings. The van der Waals surface area contributed by atoms with Crippen molar-refractivity contribution in [3.63, 3.8) is 0 Å². The molecule has 1 N–H and O–H groups in total. The summed E-state index contributed by atoms with van der Waals surface area (Å²) in [5.41, 5.74) is 0.837. The molecule has 0 aromatic carbocycles. The van der Waals surface area contributed by atoms with Gasteiger partial charge in [-0.15, -0.1) is 0 Å². The molecule has 0 fully saturated rings. The Morgan fingerprint density at radius 2 is 2.31 bits per heavy atom. The number of hydrogen-bond acceptors (Lipinski definition) is 5. The molecule has 0 amide bonds. The van der Waals surface area contributed by atoms with Crippen LogP contribution in [0.1, 0.15) is 6.42 Å². The lowest BCUT2D eigenvalue weighted by atomic mass is 10.3. The Bertz CT molecular complexity index is 467. The van der Waals surface area contributed by atoms with E-state index in [1.165, 1.54) is 0 Å². The summed E-state index contributed by atoms with van der Waals surface area (Å²) in [4.78, 5) is 8.37. The first-order chi connectivity index (χ1) is 7.83. The third kappa shape index (κ3) is 2.11. The fourth-order valence-electron chi connectivity index (χ4n) is 1.53. The first-order valence-corrected chi connectivity index (χ1v) is 5.18. The number of nitrogens with zero attached hydrogens (tertiary/aromatic N) is 4. The lowest BCUT2D eigenvalue weighted by Crippen LogP contribution is -2.06. The van der Waals surface area contributed by atoms with Crippen molar-refractivity contribution < 1.29 is 4.74 Å². The Morgan fingerprint density at radius 3 is 3.12 bits per heavy atom. The van der Waals surface area contributed by atoms with Crippen molar-refractivity contribution in [3.8, 4) is 0 Å². The van der Waals surface area contributed by atoms with E-state index in [9.17, 15) is 0 Å². The monoisotopic (exact) mass is 221 g/mol. The molecule has 0 bridgehead atoms. The molecule has 2 heterocycles. The van der Waals surface area contributed by atoms with Gasteiger partial charge in [0.25, 0.3) is 0 Å². The molecule has 86 valence electrons. The van der Waals surface area contributed by atoms with Gasteiger partial charge in [0.1, 0.15) is 12.1 Å². The van der Waals surface area contributed by atoms with Gasteiger partial charge >= 0.3 is 0 Å². The largest absolute Gasteiger partial charge is 0.385 e. The van der Waals surface area contributed by atoms with Crippen molar-refractivity contribution in [1.82, 2.24) is 19.7 Å². The molecule has 0 saturated carbocycles. The van der Waals surface area contributed by atoms with Crippen LogP contribution in [0.15, 0.2) is 12.5 Å². The van der Waals surface area contributed by atoms with Crippen molar-refractivity contribution in [2.75, 3.05) is 25.6 Å². The van der Waals surface area contributed by atoms with Gasteiger partial charge in [-0.25, -0.2) is 9.97 Å². The number of nitrogens with one attached hydrogen (secondary N) is 1. The fourth-order valence-corrected chi connectivity index (χ4v) is 1.53. The van der Waals surface area contributed by atoms with Gasteiger partial charge in [0.05, 0.1) is 11.6 Å². The average molecular weight is 221 g/mol. The molecular weight excluding hydrogens is 206 g/mol. The van der Waals surface area contributed by atoms with E-state index in [0.717, 1.165) is 36.4 Å². The Hall–Kier alpha value is -1.69. The van der Waals surface area contributed by atoms with Crippen LogP contribution in [0.5, 0.6) is 0 Å². The normalized spacial score (nSPS) is 10.9. The van der Waals surface area contributed by atoms with Gasteiger partial charge in [-0.1, -0.05) is 0 Å². The number of aromatic nitrogens is 4. The molecule has 2 rings (SSSR count). The van der Waals surface area contributed by atoms with Crippen LogP contribution >= 0.6 is 0 Å². The molecule has 2 aromatic heterocycles. The van der Waals surface area contributed by atoms with E-state index in [-0.39, 0.29) is 0 Å². The first kappa shape index (κ1) is 10.8. The molecule has 0 aliphatic heterocycles. The van der Waals surface area contributed by atoms with E-state index in [4.69, 9.17) is 4.74 Å². The molecule has 16 heavy (non-hydrogen) atoms. The van der Waals surface area contributed by atoms with E-state index in [0.29, 0.717) is 0 Å². The summed E-state index contributed by atoms with van der Waals surface area (Å²) in [5.74, 6) is 0.828. The highest BCUT2D eigenvalue weighted by Gasteiger charge is 2.06. The summed E-state index contributed by atoms with van der Waals surface area (Å²) in [7, 11) is 3.56. The summed E-state index contributed by atoms with van der Waals surface area (Å²) < 4.78 is 6.72. The van der Waals surface area contributed by atoms with Crippen LogP contribution in [0.4, 0.5) is 5.82 Å². The minimum atomic E-state index is 0.744. The average Bonchev–Trinajstić information content (AvgIpc) is 2.68. The topological polar surface area (TPSA) is 64.9 Å². The molecule has 0 spiro atoms. The minimum Gasteiger partial charge on any atom is -0.385 e. The third-order valence-corrected chi connectivity index (χ3v) is 2.35. The van der Waals surface area contributed by atoms with Crippen LogP contribution in [0, 0.1) is 0 Å². The van der Waals surface area contributed by atoms with E-state index in [1.807, 2.05) is 7.05 Å². The fraction of sp³-hybridized carbons (Fsp3) is 0.500. The van der Waals surface area contributed by atoms with Crippen LogP contribution in [0.3, 0.4) is 0 Å². The number of rotatable bonds is 5. The van der Waals surface area contributed by atoms with Gasteiger partial charge in [-0.05, 0) is 6.42 Å². The second-order valence-corrected chi connectivity index (χ2v) is 3.50. The molecule has 6 nitrogen and oxygen atoms in total. The molecule has 6 heteroatoms. The first-order valence-electron chi connectivity index (χ1n) is 5.18. The minimum absolute atomic E-state index is 0.744. The van der Waals surface area contributed by atoms with Gasteiger partial charge in [-0.2, -0.15) is 5.10 Å². The summed E-state index contributed by atoms with van der Waals surface area (Å²) in [5, 5.41) is 8.35. The Balaban J connectivity index is 2.11. The van der Waals surface area contributed by atoms with Crippen LogP contribution < -0.4 is 5.32 Å². The highest BCUT2D eigenvalue weighted by atomic mass is 16.5. The molecule has 0 aliphatic carbocycles. The van der Waals surface area contributed by atoms with Crippen LogP contribution in [-0.2, 0) is 11.8 Å². The number of fused-ring (bicyclic) bond motifs is 1. The number of ether oxygens (including phenoxy) is 1. The Morgan fingerprint density at radius 1 is 1.44 bits per heavy atom. The summed E-state index contributed by atoms with van der Waals surface area (Å²) in [6, 6.07) is 0. The van der Waals surface area contributed by atoms with Crippen LogP contribution in [0.2, 0.25) is 0 Å². The van der Waals surface area contributed by atoms with Gasteiger partial charge in [-0.3, -0.25) is 4.68 Å². The molecular formula is C10H15N5O. The SMILES string of the molecule is COCCCNc1ncnc2c1cnn2C. The number of hydrogen-bond donors (Lipinski definition) is 1. The zero-order chi connectivity index (χ0) is 11.4. The van der Waals surface area contributed by atoms with E-state index in [2.05, 4.69) is 20.4 Å². The predicted octanol–water partition coefficient (Wildman–Crippen LogP) is 0.812. The maximum Gasteiger partial charge on any atom is 0.163 e. The highest BCUT2D eigenvalue weighted by molar-refractivity contribution is 5.85. The highest BCUT2D eigenvalue weighted by Crippen LogP contribution is 2.17. The summed E-state index contributed by atoms with van der Waals surface area (Å²) in [6.07, 6.45) is 4.26. The Labute approximate surface area is 93.6 Å². The molecule has 0 aliphatic rings. The molecule has 0 unspecified atom stereocenters. The van der Waals surface area contributed by atoms with Crippen molar-refractivity contribution in [2.45, 2.75) is 6.42 Å². The smallest absolute Gasteiger partial charge is 0.163 e. The van der Waals surface area contributed by atoms with Crippen molar-refractivity contribution in [1.29, 1.82) is 0 Å². The van der Waals surface area contributed by atoms with Crippen molar-refractivity contribution in [3.05, 3.63) is 12.5 Å².